The molecule has 0 radical (unpaired) electrons. The predicted molar refractivity (Wildman–Crippen MR) is 75.2 cm³/mol. The van der Waals surface area contributed by atoms with Crippen molar-refractivity contribution in [1.29, 1.82) is 0 Å². The van der Waals surface area contributed by atoms with Crippen molar-refractivity contribution in [3.05, 3.63) is 35.9 Å². The molecule has 4 nitrogen and oxygen atoms in total. The van der Waals surface area contributed by atoms with E-state index in [4.69, 9.17) is 4.74 Å². The molecule has 0 aromatic heterocycles. The largest absolute Gasteiger partial charge is 0.429 e. The molecule has 0 bridgehead atoms. The first-order chi connectivity index (χ1) is 9.69. The van der Waals surface area contributed by atoms with Gasteiger partial charge in [0, 0.05) is 24.9 Å². The standard InChI is InChI=1S/C16H21NO3/c18-15(12-6-2-1-3-7-12)20-16(19)10-11-17-14-9-5-4-8-13(14)16/h1-3,6-7,13-14,17,19H,4-5,8-11H2. The summed E-state index contributed by atoms with van der Waals surface area (Å²) in [4.78, 5) is 12.2. The van der Waals surface area contributed by atoms with Crippen molar-refractivity contribution in [1.82, 2.24) is 5.32 Å². The van der Waals surface area contributed by atoms with Crippen LogP contribution in [-0.2, 0) is 4.74 Å². The van der Waals surface area contributed by atoms with Gasteiger partial charge in [0.2, 0.25) is 5.79 Å². The number of hydrogen-bond donors (Lipinski definition) is 2. The van der Waals surface area contributed by atoms with Gasteiger partial charge >= 0.3 is 5.97 Å². The molecule has 0 spiro atoms. The maximum absolute atomic E-state index is 12.2. The van der Waals surface area contributed by atoms with Gasteiger partial charge in [-0.05, 0) is 25.0 Å². The Balaban J connectivity index is 1.75. The van der Waals surface area contributed by atoms with Gasteiger partial charge in [0.15, 0.2) is 0 Å². The summed E-state index contributed by atoms with van der Waals surface area (Å²) >= 11 is 0. The number of hydrogen-bond acceptors (Lipinski definition) is 4. The molecule has 3 atom stereocenters. The lowest BCUT2D eigenvalue weighted by molar-refractivity contribution is -0.227. The van der Waals surface area contributed by atoms with E-state index in [1.807, 2.05) is 6.07 Å². The van der Waals surface area contributed by atoms with E-state index in [1.54, 1.807) is 24.3 Å². The number of carbonyl (C=O) groups is 1. The Labute approximate surface area is 119 Å². The van der Waals surface area contributed by atoms with Crippen LogP contribution in [0.4, 0.5) is 0 Å². The number of ether oxygens (including phenoxy) is 1. The fourth-order valence-electron chi connectivity index (χ4n) is 3.46. The summed E-state index contributed by atoms with van der Waals surface area (Å²) in [7, 11) is 0. The Morgan fingerprint density at radius 1 is 1.25 bits per heavy atom. The predicted octanol–water partition coefficient (Wildman–Crippen LogP) is 2.08. The van der Waals surface area contributed by atoms with Crippen molar-refractivity contribution in [2.24, 2.45) is 5.92 Å². The van der Waals surface area contributed by atoms with E-state index in [-0.39, 0.29) is 12.0 Å². The van der Waals surface area contributed by atoms with Gasteiger partial charge in [-0.2, -0.15) is 0 Å². The third kappa shape index (κ3) is 2.58. The summed E-state index contributed by atoms with van der Waals surface area (Å²) in [6.45, 7) is 0.694. The van der Waals surface area contributed by atoms with Crippen molar-refractivity contribution >= 4 is 5.97 Å². The van der Waals surface area contributed by atoms with Gasteiger partial charge in [-0.1, -0.05) is 31.0 Å². The number of aliphatic hydroxyl groups is 1. The van der Waals surface area contributed by atoms with E-state index in [0.717, 1.165) is 19.3 Å². The summed E-state index contributed by atoms with van der Waals surface area (Å²) in [5.41, 5.74) is 0.492. The van der Waals surface area contributed by atoms with Crippen LogP contribution in [0.15, 0.2) is 30.3 Å². The Hall–Kier alpha value is -1.39. The van der Waals surface area contributed by atoms with Gasteiger partial charge in [-0.25, -0.2) is 4.79 Å². The van der Waals surface area contributed by atoms with Crippen LogP contribution in [0.2, 0.25) is 0 Å². The molecule has 3 unspecified atom stereocenters. The maximum atomic E-state index is 12.2. The zero-order valence-electron chi connectivity index (χ0n) is 11.5. The normalized spacial score (nSPS) is 33.2. The lowest BCUT2D eigenvalue weighted by atomic mass is 9.75. The highest BCUT2D eigenvalue weighted by Gasteiger charge is 2.48. The third-order valence-corrected chi connectivity index (χ3v) is 4.51. The average molecular weight is 275 g/mol. The molecule has 1 saturated heterocycles. The molecule has 20 heavy (non-hydrogen) atoms. The van der Waals surface area contributed by atoms with Crippen LogP contribution in [-0.4, -0.2) is 29.4 Å². The van der Waals surface area contributed by atoms with Crippen LogP contribution in [0.1, 0.15) is 42.5 Å². The Bertz CT molecular complexity index is 474. The van der Waals surface area contributed by atoms with Crippen LogP contribution in [0.3, 0.4) is 0 Å². The van der Waals surface area contributed by atoms with E-state index in [0.29, 0.717) is 18.5 Å². The molecule has 2 fully saturated rings. The van der Waals surface area contributed by atoms with E-state index >= 15 is 0 Å². The number of fused-ring (bicyclic) bond motifs is 1. The molecule has 1 saturated carbocycles. The van der Waals surface area contributed by atoms with Gasteiger partial charge < -0.3 is 15.2 Å². The number of nitrogens with one attached hydrogen (secondary N) is 1. The van der Waals surface area contributed by atoms with E-state index < -0.39 is 11.8 Å². The van der Waals surface area contributed by atoms with Crippen LogP contribution >= 0.6 is 0 Å². The Morgan fingerprint density at radius 3 is 2.80 bits per heavy atom. The van der Waals surface area contributed by atoms with Crippen molar-refractivity contribution in [2.75, 3.05) is 6.54 Å². The molecule has 1 aromatic carbocycles. The van der Waals surface area contributed by atoms with Gasteiger partial charge in [-0.15, -0.1) is 0 Å². The minimum absolute atomic E-state index is 0.0117. The van der Waals surface area contributed by atoms with Gasteiger partial charge in [0.05, 0.1) is 5.56 Å². The first-order valence-corrected chi connectivity index (χ1v) is 7.43. The fourth-order valence-corrected chi connectivity index (χ4v) is 3.46. The smallest absolute Gasteiger partial charge is 0.340 e. The molecule has 3 rings (SSSR count). The van der Waals surface area contributed by atoms with Crippen molar-refractivity contribution in [3.63, 3.8) is 0 Å². The van der Waals surface area contributed by atoms with Crippen LogP contribution in [0.5, 0.6) is 0 Å². The summed E-state index contributed by atoms with van der Waals surface area (Å²) in [5.74, 6) is -1.74. The zero-order valence-corrected chi connectivity index (χ0v) is 11.5. The first kappa shape index (κ1) is 13.6. The van der Waals surface area contributed by atoms with Crippen LogP contribution < -0.4 is 5.32 Å². The zero-order chi connectivity index (χ0) is 14.0. The highest BCUT2D eigenvalue weighted by atomic mass is 16.7. The molecule has 0 amide bonds. The second kappa shape index (κ2) is 5.54. The van der Waals surface area contributed by atoms with Gasteiger partial charge in [-0.3, -0.25) is 0 Å². The number of carbonyl (C=O) groups excluding carboxylic acids is 1. The second-order valence-corrected chi connectivity index (χ2v) is 5.80. The molecule has 1 aliphatic carbocycles. The Kier molecular flexibility index (Phi) is 3.76. The Morgan fingerprint density at radius 2 is 2.00 bits per heavy atom. The van der Waals surface area contributed by atoms with Crippen molar-refractivity contribution < 1.29 is 14.6 Å². The van der Waals surface area contributed by atoms with E-state index in [2.05, 4.69) is 5.32 Å². The lowest BCUT2D eigenvalue weighted by Gasteiger charge is -2.46. The first-order valence-electron chi connectivity index (χ1n) is 7.43. The molecule has 2 aliphatic rings. The molecule has 1 heterocycles. The number of rotatable bonds is 2. The number of esters is 1. The SMILES string of the molecule is O=C(OC1(O)CCNC2CCCCC21)c1ccccc1. The van der Waals surface area contributed by atoms with Crippen molar-refractivity contribution in [3.8, 4) is 0 Å². The number of piperidine rings is 1. The summed E-state index contributed by atoms with van der Waals surface area (Å²) < 4.78 is 5.51. The number of benzene rings is 1. The van der Waals surface area contributed by atoms with Gasteiger partial charge in [0.1, 0.15) is 0 Å². The molecule has 1 aliphatic heterocycles. The molecule has 108 valence electrons. The monoisotopic (exact) mass is 275 g/mol. The highest BCUT2D eigenvalue weighted by Crippen LogP contribution is 2.38. The molecular weight excluding hydrogens is 254 g/mol. The molecule has 1 aromatic rings. The highest BCUT2D eigenvalue weighted by molar-refractivity contribution is 5.89. The minimum Gasteiger partial charge on any atom is -0.429 e. The fraction of sp³-hybridized carbons (Fsp3) is 0.562. The van der Waals surface area contributed by atoms with Gasteiger partial charge in [0.25, 0.3) is 0 Å². The molecule has 4 heteroatoms. The second-order valence-electron chi connectivity index (χ2n) is 5.80. The average Bonchev–Trinajstić information content (AvgIpc) is 2.48. The minimum atomic E-state index is -1.32. The van der Waals surface area contributed by atoms with E-state index in [1.165, 1.54) is 6.42 Å². The summed E-state index contributed by atoms with van der Waals surface area (Å²) in [6, 6.07) is 9.15. The summed E-state index contributed by atoms with van der Waals surface area (Å²) in [6.07, 6.45) is 4.70. The third-order valence-electron chi connectivity index (χ3n) is 4.51. The maximum Gasteiger partial charge on any atom is 0.340 e. The summed E-state index contributed by atoms with van der Waals surface area (Å²) in [5, 5.41) is 14.3. The lowest BCUT2D eigenvalue weighted by Crippen LogP contribution is -2.59. The molecular formula is C16H21NO3. The van der Waals surface area contributed by atoms with Crippen molar-refractivity contribution in [2.45, 2.75) is 43.9 Å². The van der Waals surface area contributed by atoms with E-state index in [9.17, 15) is 9.90 Å². The molecule has 2 N–H and O–H groups in total. The van der Waals surface area contributed by atoms with Crippen LogP contribution in [0.25, 0.3) is 0 Å². The van der Waals surface area contributed by atoms with Crippen LogP contribution in [0, 0.1) is 5.92 Å². The topological polar surface area (TPSA) is 58.6 Å². The quantitative estimate of drug-likeness (QED) is 0.641.